The van der Waals surface area contributed by atoms with Crippen molar-refractivity contribution in [2.45, 2.75) is 82.6 Å². The molecule has 3 aliphatic rings. The van der Waals surface area contributed by atoms with Crippen molar-refractivity contribution in [1.29, 1.82) is 0 Å². The number of aromatic amines is 1. The number of hydrogen-bond acceptors (Lipinski definition) is 4. The number of rotatable bonds is 2. The third-order valence-corrected chi connectivity index (χ3v) is 7.20. The summed E-state index contributed by atoms with van der Waals surface area (Å²) in [5.41, 5.74) is 0.840. The van der Waals surface area contributed by atoms with Crippen molar-refractivity contribution in [3.05, 3.63) is 15.9 Å². The smallest absolute Gasteiger partial charge is 0.270 e. The fourth-order valence-electron chi connectivity index (χ4n) is 4.70. The number of aromatic nitrogens is 2. The molecule has 4 rings (SSSR count). The van der Waals surface area contributed by atoms with Crippen LogP contribution in [-0.4, -0.2) is 27.0 Å². The van der Waals surface area contributed by atoms with E-state index in [1.165, 1.54) is 32.1 Å². The van der Waals surface area contributed by atoms with E-state index in [4.69, 9.17) is 9.73 Å². The summed E-state index contributed by atoms with van der Waals surface area (Å²) in [4.78, 5) is 17.7. The van der Waals surface area contributed by atoms with Crippen LogP contribution in [-0.2, 0) is 4.74 Å². The van der Waals surface area contributed by atoms with E-state index in [-0.39, 0.29) is 22.5 Å². The van der Waals surface area contributed by atoms with E-state index in [1.807, 2.05) is 0 Å². The highest BCUT2D eigenvalue weighted by molar-refractivity contribution is 8.14. The molecule has 1 aromatic heterocycles. The topological polar surface area (TPSA) is 59.4 Å². The summed E-state index contributed by atoms with van der Waals surface area (Å²) in [5, 5.41) is 4.49. The molecule has 0 amide bonds. The number of ether oxygens (including phenoxy) is 1. The Hall–Kier alpha value is -1.01. The van der Waals surface area contributed by atoms with Gasteiger partial charge in [0.15, 0.2) is 5.82 Å². The van der Waals surface area contributed by atoms with Gasteiger partial charge in [0.05, 0.1) is 22.3 Å². The molecule has 1 aromatic rings. The lowest BCUT2D eigenvalue weighted by atomic mass is 9.84. The first-order valence-corrected chi connectivity index (χ1v) is 10.5. The highest BCUT2D eigenvalue weighted by atomic mass is 32.2. The largest absolute Gasteiger partial charge is 0.375 e. The number of nitrogens with one attached hydrogen (secondary N) is 1. The lowest BCUT2D eigenvalue weighted by molar-refractivity contribution is -0.0705. The summed E-state index contributed by atoms with van der Waals surface area (Å²) >= 11 is 1.80. The first kappa shape index (κ1) is 17.4. The van der Waals surface area contributed by atoms with Crippen molar-refractivity contribution in [3.63, 3.8) is 0 Å². The van der Waals surface area contributed by atoms with Gasteiger partial charge in [0, 0.05) is 11.9 Å². The van der Waals surface area contributed by atoms with Crippen LogP contribution in [0.2, 0.25) is 0 Å². The first-order valence-electron chi connectivity index (χ1n) is 9.65. The van der Waals surface area contributed by atoms with Crippen LogP contribution in [0.15, 0.2) is 9.79 Å². The molecule has 138 valence electrons. The molecular formula is C19H29N3O2S. The maximum absolute atomic E-state index is 12.9. The second kappa shape index (κ2) is 6.62. The van der Waals surface area contributed by atoms with E-state index in [9.17, 15) is 4.79 Å². The number of nitrogens with zero attached hydrogens (tertiary/aromatic N) is 2. The zero-order valence-corrected chi connectivity index (χ0v) is 16.3. The molecule has 3 heterocycles. The molecule has 1 saturated heterocycles. The monoisotopic (exact) mass is 363 g/mol. The number of H-pyrrole nitrogens is 1. The van der Waals surface area contributed by atoms with Crippen molar-refractivity contribution < 1.29 is 4.74 Å². The molecule has 0 radical (unpaired) electrons. The molecule has 1 aliphatic carbocycles. The molecule has 0 aromatic carbocycles. The van der Waals surface area contributed by atoms with Gasteiger partial charge >= 0.3 is 0 Å². The van der Waals surface area contributed by atoms with E-state index in [0.717, 1.165) is 35.9 Å². The SMILES string of the molecule is CC1=Nc2c(c(=O)[nH]n2[C@H]2CCOC(C)(C)C2)[C@@H](C2CCCCC2)S1. The number of fused-ring (bicyclic) bond motifs is 1. The van der Waals surface area contributed by atoms with Crippen LogP contribution in [0.1, 0.15) is 82.6 Å². The number of aliphatic imine (C=N–C) groups is 1. The summed E-state index contributed by atoms with van der Waals surface area (Å²) < 4.78 is 7.92. The molecule has 2 fully saturated rings. The predicted molar refractivity (Wildman–Crippen MR) is 103 cm³/mol. The third kappa shape index (κ3) is 3.35. The molecule has 2 atom stereocenters. The Labute approximate surface area is 153 Å². The van der Waals surface area contributed by atoms with Crippen molar-refractivity contribution in [1.82, 2.24) is 9.78 Å². The van der Waals surface area contributed by atoms with Gasteiger partial charge in [-0.2, -0.15) is 0 Å². The van der Waals surface area contributed by atoms with Gasteiger partial charge in [-0.1, -0.05) is 19.3 Å². The molecule has 1 saturated carbocycles. The van der Waals surface area contributed by atoms with Gasteiger partial charge in [-0.3, -0.25) is 14.6 Å². The van der Waals surface area contributed by atoms with Gasteiger partial charge in [-0.25, -0.2) is 4.99 Å². The fraction of sp³-hybridized carbons (Fsp3) is 0.789. The van der Waals surface area contributed by atoms with E-state index in [2.05, 4.69) is 30.6 Å². The number of hydrogen-bond donors (Lipinski definition) is 1. The van der Waals surface area contributed by atoms with Gasteiger partial charge in [0.25, 0.3) is 5.56 Å². The summed E-state index contributed by atoms with van der Waals surface area (Å²) in [5.74, 6) is 1.49. The minimum Gasteiger partial charge on any atom is -0.375 e. The van der Waals surface area contributed by atoms with Crippen LogP contribution < -0.4 is 5.56 Å². The van der Waals surface area contributed by atoms with E-state index < -0.39 is 0 Å². The van der Waals surface area contributed by atoms with Crippen molar-refractivity contribution >= 4 is 22.6 Å². The van der Waals surface area contributed by atoms with Crippen LogP contribution in [0, 0.1) is 5.92 Å². The highest BCUT2D eigenvalue weighted by Gasteiger charge is 2.38. The van der Waals surface area contributed by atoms with Crippen LogP contribution in [0.5, 0.6) is 0 Å². The molecule has 2 aliphatic heterocycles. The minimum atomic E-state index is -0.151. The molecule has 0 unspecified atom stereocenters. The predicted octanol–water partition coefficient (Wildman–Crippen LogP) is 4.72. The van der Waals surface area contributed by atoms with Gasteiger partial charge in [0.1, 0.15) is 0 Å². The Bertz CT molecular complexity index is 728. The summed E-state index contributed by atoms with van der Waals surface area (Å²) in [6, 6.07) is 0.256. The third-order valence-electron chi connectivity index (χ3n) is 5.90. The Morgan fingerprint density at radius 3 is 2.72 bits per heavy atom. The fourth-order valence-corrected chi connectivity index (χ4v) is 6.00. The van der Waals surface area contributed by atoms with Crippen LogP contribution >= 0.6 is 11.8 Å². The summed E-state index contributed by atoms with van der Waals surface area (Å²) in [6.45, 7) is 7.07. The van der Waals surface area contributed by atoms with Crippen LogP contribution in [0.4, 0.5) is 5.82 Å². The Balaban J connectivity index is 1.72. The average Bonchev–Trinajstić information content (AvgIpc) is 2.91. The lowest BCUT2D eigenvalue weighted by Gasteiger charge is -2.36. The summed E-state index contributed by atoms with van der Waals surface area (Å²) in [6.07, 6.45) is 8.22. The van der Waals surface area contributed by atoms with Gasteiger partial charge in [-0.05, 0) is 52.4 Å². The van der Waals surface area contributed by atoms with Crippen molar-refractivity contribution in [3.8, 4) is 0 Å². The van der Waals surface area contributed by atoms with Crippen LogP contribution in [0.3, 0.4) is 0 Å². The molecule has 0 spiro atoms. The Morgan fingerprint density at radius 2 is 2.00 bits per heavy atom. The summed E-state index contributed by atoms with van der Waals surface area (Å²) in [7, 11) is 0. The lowest BCUT2D eigenvalue weighted by Crippen LogP contribution is -2.35. The van der Waals surface area contributed by atoms with E-state index >= 15 is 0 Å². The Kier molecular flexibility index (Phi) is 4.61. The Morgan fingerprint density at radius 1 is 1.24 bits per heavy atom. The second-order valence-corrected chi connectivity index (χ2v) is 9.70. The zero-order valence-electron chi connectivity index (χ0n) is 15.5. The normalized spacial score (nSPS) is 30.0. The quantitative estimate of drug-likeness (QED) is 0.827. The van der Waals surface area contributed by atoms with E-state index in [1.54, 1.807) is 11.8 Å². The van der Waals surface area contributed by atoms with Crippen molar-refractivity contribution in [2.24, 2.45) is 10.9 Å². The standard InChI is InChI=1S/C19H29N3O2S/c1-12-20-17-15(16(25-12)13-7-5-4-6-8-13)18(23)21-22(17)14-9-10-24-19(2,3)11-14/h13-14,16H,4-11H2,1-3H3,(H,21,23)/t14-,16+/m0/s1. The zero-order chi connectivity index (χ0) is 17.6. The molecular weight excluding hydrogens is 334 g/mol. The molecule has 6 heteroatoms. The highest BCUT2D eigenvalue weighted by Crippen LogP contribution is 2.49. The van der Waals surface area contributed by atoms with Crippen LogP contribution in [0.25, 0.3) is 0 Å². The first-order chi connectivity index (χ1) is 11.9. The van der Waals surface area contributed by atoms with Gasteiger partial charge in [0.2, 0.25) is 0 Å². The molecule has 5 nitrogen and oxygen atoms in total. The van der Waals surface area contributed by atoms with Gasteiger partial charge < -0.3 is 4.74 Å². The number of thioether (sulfide) groups is 1. The minimum absolute atomic E-state index is 0.0682. The van der Waals surface area contributed by atoms with E-state index in [0.29, 0.717) is 5.92 Å². The molecule has 0 bridgehead atoms. The maximum atomic E-state index is 12.9. The average molecular weight is 364 g/mol. The second-order valence-electron chi connectivity index (χ2n) is 8.37. The van der Waals surface area contributed by atoms with Crippen molar-refractivity contribution in [2.75, 3.05) is 6.61 Å². The van der Waals surface area contributed by atoms with Gasteiger partial charge in [-0.15, -0.1) is 11.8 Å². The molecule has 25 heavy (non-hydrogen) atoms. The maximum Gasteiger partial charge on any atom is 0.270 e. The molecule has 1 N–H and O–H groups in total.